The van der Waals surface area contributed by atoms with Crippen molar-refractivity contribution in [2.45, 2.75) is 51.6 Å². The minimum absolute atomic E-state index is 0.544. The van der Waals surface area contributed by atoms with Crippen molar-refractivity contribution in [3.05, 3.63) is 24.0 Å². The number of hydrogen-bond acceptors (Lipinski definition) is 2. The number of aryl methyl sites for hydroxylation is 1. The molecule has 1 heterocycles. The summed E-state index contributed by atoms with van der Waals surface area (Å²) in [4.78, 5) is 0. The normalized spacial score (nSPS) is 16.4. The maximum atomic E-state index is 8.55. The number of nitrogens with zero attached hydrogens (tertiary/aromatic N) is 2. The Kier molecular flexibility index (Phi) is 4.83. The lowest BCUT2D eigenvalue weighted by Gasteiger charge is -2.16. The molecule has 3 heteroatoms. The lowest BCUT2D eigenvalue weighted by atomic mass is 10.1. The summed E-state index contributed by atoms with van der Waals surface area (Å²) in [5.41, 5.74) is 1.42. The third-order valence-corrected chi connectivity index (χ3v) is 3.55. The van der Waals surface area contributed by atoms with Gasteiger partial charge in [-0.3, -0.25) is 0 Å². The highest BCUT2D eigenvalue weighted by atomic mass is 15.0. The van der Waals surface area contributed by atoms with Gasteiger partial charge >= 0.3 is 0 Å². The van der Waals surface area contributed by atoms with Crippen LogP contribution >= 0.6 is 0 Å². The van der Waals surface area contributed by atoms with Crippen molar-refractivity contribution in [3.8, 4) is 6.07 Å². The molecular formula is C15H23N3. The topological polar surface area (TPSA) is 40.8 Å². The summed E-state index contributed by atoms with van der Waals surface area (Å²) in [5.74, 6) is 0.839. The number of nitriles is 1. The van der Waals surface area contributed by atoms with E-state index in [4.69, 9.17) is 5.26 Å². The summed E-state index contributed by atoms with van der Waals surface area (Å²) in [6.45, 7) is 4.27. The number of nitrogens with one attached hydrogen (secondary N) is 1. The predicted octanol–water partition coefficient (Wildman–Crippen LogP) is 3.24. The zero-order valence-electron chi connectivity index (χ0n) is 11.2. The molecule has 18 heavy (non-hydrogen) atoms. The van der Waals surface area contributed by atoms with Gasteiger partial charge in [0, 0.05) is 31.4 Å². The molecule has 1 aliphatic rings. The largest absolute Gasteiger partial charge is 0.354 e. The van der Waals surface area contributed by atoms with Crippen LogP contribution in [-0.2, 0) is 6.54 Å². The van der Waals surface area contributed by atoms with Crippen molar-refractivity contribution in [1.29, 1.82) is 5.26 Å². The fourth-order valence-electron chi connectivity index (χ4n) is 2.41. The summed E-state index contributed by atoms with van der Waals surface area (Å²) in [5, 5.41) is 12.2. The van der Waals surface area contributed by atoms with Crippen LogP contribution in [0.4, 0.5) is 0 Å². The molecule has 1 unspecified atom stereocenters. The van der Waals surface area contributed by atoms with Crippen LogP contribution in [0.5, 0.6) is 0 Å². The smallest absolute Gasteiger partial charge is 0.0622 e. The first kappa shape index (κ1) is 13.2. The average molecular weight is 245 g/mol. The van der Waals surface area contributed by atoms with Crippen molar-refractivity contribution in [2.75, 3.05) is 6.54 Å². The number of unbranched alkanes of at least 4 members (excludes halogenated alkanes) is 1. The van der Waals surface area contributed by atoms with Crippen LogP contribution in [0.2, 0.25) is 0 Å². The summed E-state index contributed by atoms with van der Waals surface area (Å²) >= 11 is 0. The first-order valence-electron chi connectivity index (χ1n) is 7.11. The highest BCUT2D eigenvalue weighted by Crippen LogP contribution is 2.41. The molecular weight excluding hydrogens is 222 g/mol. The Bertz CT molecular complexity index is 398. The van der Waals surface area contributed by atoms with Gasteiger partial charge in [-0.05, 0) is 49.8 Å². The van der Waals surface area contributed by atoms with Crippen LogP contribution in [-0.4, -0.2) is 11.1 Å². The molecule has 0 spiro atoms. The second-order valence-electron chi connectivity index (χ2n) is 5.21. The van der Waals surface area contributed by atoms with Crippen LogP contribution in [0, 0.1) is 17.2 Å². The van der Waals surface area contributed by atoms with E-state index in [1.165, 1.54) is 24.8 Å². The molecule has 0 bridgehead atoms. The first-order valence-corrected chi connectivity index (χ1v) is 7.11. The van der Waals surface area contributed by atoms with Gasteiger partial charge < -0.3 is 9.88 Å². The molecule has 1 aliphatic carbocycles. The molecule has 0 amide bonds. The highest BCUT2D eigenvalue weighted by molar-refractivity contribution is 5.18. The number of rotatable bonds is 8. The molecule has 1 atom stereocenters. The van der Waals surface area contributed by atoms with E-state index >= 15 is 0 Å². The molecule has 0 aliphatic heterocycles. The van der Waals surface area contributed by atoms with Crippen molar-refractivity contribution in [3.63, 3.8) is 0 Å². The minimum atomic E-state index is 0.544. The molecule has 1 N–H and O–H groups in total. The van der Waals surface area contributed by atoms with E-state index in [9.17, 15) is 0 Å². The standard InChI is InChI=1S/C15H23N3/c1-2-9-17-15(13-5-6-13)14-7-11-18(12-14)10-4-3-8-16/h7,11-13,15,17H,2-6,9-10H2,1H3. The van der Waals surface area contributed by atoms with Crippen molar-refractivity contribution < 1.29 is 0 Å². The van der Waals surface area contributed by atoms with Gasteiger partial charge in [0.25, 0.3) is 0 Å². The van der Waals surface area contributed by atoms with Crippen molar-refractivity contribution >= 4 is 0 Å². The van der Waals surface area contributed by atoms with Gasteiger partial charge in [0.05, 0.1) is 6.07 Å². The fraction of sp³-hybridized carbons (Fsp3) is 0.667. The molecule has 2 rings (SSSR count). The maximum absolute atomic E-state index is 8.55. The Hall–Kier alpha value is -1.27. The van der Waals surface area contributed by atoms with Crippen LogP contribution in [0.3, 0.4) is 0 Å². The molecule has 1 aromatic heterocycles. The predicted molar refractivity (Wildman–Crippen MR) is 73.0 cm³/mol. The fourth-order valence-corrected chi connectivity index (χ4v) is 2.41. The van der Waals surface area contributed by atoms with E-state index < -0.39 is 0 Å². The SMILES string of the molecule is CCCNC(c1ccn(CCCC#N)c1)C1CC1. The van der Waals surface area contributed by atoms with Crippen LogP contribution in [0.25, 0.3) is 0 Å². The lowest BCUT2D eigenvalue weighted by Crippen LogP contribution is -2.23. The van der Waals surface area contributed by atoms with E-state index in [1.54, 1.807) is 0 Å². The quantitative estimate of drug-likeness (QED) is 0.714. The molecule has 0 saturated heterocycles. The van der Waals surface area contributed by atoms with Gasteiger partial charge in [-0.15, -0.1) is 0 Å². The Balaban J connectivity index is 1.91. The minimum Gasteiger partial charge on any atom is -0.354 e. The zero-order chi connectivity index (χ0) is 12.8. The third-order valence-electron chi connectivity index (χ3n) is 3.55. The summed E-state index contributed by atoms with van der Waals surface area (Å²) in [6.07, 6.45) is 9.90. The van der Waals surface area contributed by atoms with E-state index in [0.29, 0.717) is 12.5 Å². The summed E-state index contributed by atoms with van der Waals surface area (Å²) < 4.78 is 2.22. The van der Waals surface area contributed by atoms with Crippen molar-refractivity contribution in [1.82, 2.24) is 9.88 Å². The second kappa shape index (κ2) is 6.61. The Morgan fingerprint density at radius 3 is 3.06 bits per heavy atom. The monoisotopic (exact) mass is 245 g/mol. The second-order valence-corrected chi connectivity index (χ2v) is 5.21. The van der Waals surface area contributed by atoms with Crippen LogP contribution in [0.15, 0.2) is 18.5 Å². The zero-order valence-corrected chi connectivity index (χ0v) is 11.2. The summed E-state index contributed by atoms with van der Waals surface area (Å²) in [6, 6.07) is 4.98. The Morgan fingerprint density at radius 1 is 1.56 bits per heavy atom. The molecule has 1 fully saturated rings. The van der Waals surface area contributed by atoms with Gasteiger partial charge in [-0.1, -0.05) is 6.92 Å². The van der Waals surface area contributed by atoms with E-state index in [2.05, 4.69) is 41.3 Å². The molecule has 0 radical (unpaired) electrons. The average Bonchev–Trinajstić information content (AvgIpc) is 3.10. The molecule has 0 aromatic carbocycles. The molecule has 1 saturated carbocycles. The van der Waals surface area contributed by atoms with Gasteiger partial charge in [-0.2, -0.15) is 5.26 Å². The van der Waals surface area contributed by atoms with Crippen LogP contribution in [0.1, 0.15) is 50.6 Å². The maximum Gasteiger partial charge on any atom is 0.0622 e. The highest BCUT2D eigenvalue weighted by Gasteiger charge is 2.32. The number of hydrogen-bond donors (Lipinski definition) is 1. The molecule has 1 aromatic rings. The van der Waals surface area contributed by atoms with E-state index in [-0.39, 0.29) is 0 Å². The Morgan fingerprint density at radius 2 is 2.39 bits per heavy atom. The van der Waals surface area contributed by atoms with Gasteiger partial charge in [-0.25, -0.2) is 0 Å². The molecule has 98 valence electrons. The number of aromatic nitrogens is 1. The summed E-state index contributed by atoms with van der Waals surface area (Å²) in [7, 11) is 0. The lowest BCUT2D eigenvalue weighted by molar-refractivity contribution is 0.480. The van der Waals surface area contributed by atoms with Gasteiger partial charge in [0.1, 0.15) is 0 Å². The van der Waals surface area contributed by atoms with Crippen molar-refractivity contribution in [2.24, 2.45) is 5.92 Å². The first-order chi connectivity index (χ1) is 8.85. The third kappa shape index (κ3) is 3.61. The van der Waals surface area contributed by atoms with E-state index in [0.717, 1.165) is 25.4 Å². The van der Waals surface area contributed by atoms with E-state index in [1.807, 2.05) is 0 Å². The van der Waals surface area contributed by atoms with Crippen LogP contribution < -0.4 is 5.32 Å². The van der Waals surface area contributed by atoms with Gasteiger partial charge in [0.2, 0.25) is 0 Å². The van der Waals surface area contributed by atoms with Gasteiger partial charge in [0.15, 0.2) is 0 Å². The Labute approximate surface area is 110 Å². The molecule has 3 nitrogen and oxygen atoms in total.